The third-order valence-corrected chi connectivity index (χ3v) is 7.79. The number of nitrogens with zero attached hydrogens (tertiary/aromatic N) is 1. The van der Waals surface area contributed by atoms with Crippen LogP contribution in [0.25, 0.3) is 11.1 Å². The molecular weight excluding hydrogens is 488 g/mol. The van der Waals surface area contributed by atoms with Crippen LogP contribution in [0, 0.1) is 6.92 Å². The van der Waals surface area contributed by atoms with Crippen molar-refractivity contribution in [3.05, 3.63) is 41.5 Å². The van der Waals surface area contributed by atoms with Crippen LogP contribution in [0.2, 0.25) is 0 Å². The van der Waals surface area contributed by atoms with Crippen molar-refractivity contribution in [3.8, 4) is 22.6 Å². The maximum absolute atomic E-state index is 12.4. The van der Waals surface area contributed by atoms with Gasteiger partial charge in [0, 0.05) is 24.3 Å². The second-order valence-electron chi connectivity index (χ2n) is 10.1. The summed E-state index contributed by atoms with van der Waals surface area (Å²) in [7, 11) is 4.61. The Hall–Kier alpha value is -3.46. The maximum Gasteiger partial charge on any atom is 0.409 e. The number of ether oxygens (including phenoxy) is 4. The van der Waals surface area contributed by atoms with Crippen LogP contribution in [-0.2, 0) is 20.9 Å². The number of benzene rings is 2. The van der Waals surface area contributed by atoms with Crippen molar-refractivity contribution in [2.45, 2.75) is 63.7 Å². The molecule has 1 aliphatic carbocycles. The normalized spacial score (nSPS) is 17.2. The predicted octanol–water partition coefficient (Wildman–Crippen LogP) is 5.24. The van der Waals surface area contributed by atoms with Crippen molar-refractivity contribution in [1.82, 2.24) is 4.90 Å². The Balaban J connectivity index is 1.66. The van der Waals surface area contributed by atoms with Gasteiger partial charge in [0.15, 0.2) is 0 Å². The summed E-state index contributed by atoms with van der Waals surface area (Å²) in [5.41, 5.74) is 3.27. The minimum atomic E-state index is -1.19. The Morgan fingerprint density at radius 3 is 2.21 bits per heavy atom. The average Bonchev–Trinajstić information content (AvgIpc) is 3.46. The van der Waals surface area contributed by atoms with Crippen LogP contribution >= 0.6 is 0 Å². The summed E-state index contributed by atoms with van der Waals surface area (Å²) in [4.78, 5) is 25.9. The lowest BCUT2D eigenvalue weighted by Gasteiger charge is -2.39. The van der Waals surface area contributed by atoms with E-state index in [0.29, 0.717) is 25.4 Å². The first-order chi connectivity index (χ1) is 18.3. The minimum absolute atomic E-state index is 0.231. The van der Waals surface area contributed by atoms with Gasteiger partial charge in [-0.1, -0.05) is 18.9 Å². The van der Waals surface area contributed by atoms with E-state index in [1.807, 2.05) is 37.3 Å². The molecule has 38 heavy (non-hydrogen) atoms. The van der Waals surface area contributed by atoms with Gasteiger partial charge in [0.2, 0.25) is 0 Å². The van der Waals surface area contributed by atoms with Crippen molar-refractivity contribution in [3.63, 3.8) is 0 Å². The predicted molar refractivity (Wildman–Crippen MR) is 144 cm³/mol. The monoisotopic (exact) mass is 526 g/mol. The molecule has 2 aromatic rings. The van der Waals surface area contributed by atoms with E-state index >= 15 is 0 Å². The Morgan fingerprint density at radius 2 is 1.66 bits per heavy atom. The topological polar surface area (TPSA) is 107 Å². The molecule has 2 aliphatic rings. The number of methoxy groups -OCH3 is 3. The number of carboxylic acid groups (broad SMARTS) is 1. The highest BCUT2D eigenvalue weighted by atomic mass is 16.5. The molecule has 4 rings (SSSR count). The van der Waals surface area contributed by atoms with Crippen LogP contribution < -0.4 is 14.8 Å². The van der Waals surface area contributed by atoms with E-state index in [2.05, 4.69) is 5.32 Å². The van der Waals surface area contributed by atoms with E-state index in [0.717, 1.165) is 46.6 Å². The van der Waals surface area contributed by atoms with E-state index < -0.39 is 17.6 Å². The van der Waals surface area contributed by atoms with Gasteiger partial charge >= 0.3 is 12.1 Å². The number of hydrogen-bond acceptors (Lipinski definition) is 7. The highest BCUT2D eigenvalue weighted by Crippen LogP contribution is 2.38. The summed E-state index contributed by atoms with van der Waals surface area (Å²) < 4.78 is 22.3. The van der Waals surface area contributed by atoms with Crippen molar-refractivity contribution >= 4 is 17.7 Å². The molecule has 1 saturated carbocycles. The number of piperidine rings is 1. The van der Waals surface area contributed by atoms with Crippen molar-refractivity contribution in [2.24, 2.45) is 0 Å². The first-order valence-corrected chi connectivity index (χ1v) is 13.1. The fourth-order valence-corrected chi connectivity index (χ4v) is 5.45. The molecule has 9 nitrogen and oxygen atoms in total. The average molecular weight is 527 g/mol. The van der Waals surface area contributed by atoms with Crippen molar-refractivity contribution < 1.29 is 33.6 Å². The number of anilines is 1. The first kappa shape index (κ1) is 27.6. The van der Waals surface area contributed by atoms with E-state index in [9.17, 15) is 14.7 Å². The van der Waals surface area contributed by atoms with E-state index in [-0.39, 0.29) is 18.9 Å². The summed E-state index contributed by atoms with van der Waals surface area (Å²) in [5, 5.41) is 13.5. The van der Waals surface area contributed by atoms with Gasteiger partial charge in [0.25, 0.3) is 0 Å². The fraction of sp³-hybridized carbons (Fsp3) is 0.517. The highest BCUT2D eigenvalue weighted by molar-refractivity contribution is 5.84. The second-order valence-corrected chi connectivity index (χ2v) is 10.1. The Labute approximate surface area is 224 Å². The number of carbonyl (C=O) groups excluding carboxylic acids is 1. The fourth-order valence-electron chi connectivity index (χ4n) is 5.45. The molecule has 1 heterocycles. The second kappa shape index (κ2) is 11.9. The molecule has 0 spiro atoms. The standard InChI is InChI=1S/C29H38N2O7/c1-19-25(35-2)16-20(17-26(19)36-3)24-10-9-22(15-21(24)18-38-23-7-5-6-8-23)30-29(27(32)33)11-13-31(14-12-29)28(34)37-4/h9-10,15-17,23,30H,5-8,11-14,18H2,1-4H3,(H,32,33). The van der Waals surface area contributed by atoms with Crippen LogP contribution in [0.5, 0.6) is 11.5 Å². The number of carboxylic acids is 1. The van der Waals surface area contributed by atoms with Gasteiger partial charge < -0.3 is 34.3 Å². The number of likely N-dealkylation sites (tertiary alicyclic amines) is 1. The molecule has 2 N–H and O–H groups in total. The molecule has 0 radical (unpaired) electrons. The number of carbonyl (C=O) groups is 2. The summed E-state index contributed by atoms with van der Waals surface area (Å²) in [6.45, 7) is 2.95. The van der Waals surface area contributed by atoms with Gasteiger partial charge in [-0.05, 0) is 73.6 Å². The van der Waals surface area contributed by atoms with E-state index in [1.165, 1.54) is 24.9 Å². The lowest BCUT2D eigenvalue weighted by Crippen LogP contribution is -2.55. The van der Waals surface area contributed by atoms with Crippen molar-refractivity contribution in [2.75, 3.05) is 39.7 Å². The van der Waals surface area contributed by atoms with Crippen molar-refractivity contribution in [1.29, 1.82) is 0 Å². The van der Waals surface area contributed by atoms with Crippen LogP contribution in [0.15, 0.2) is 30.3 Å². The quantitative estimate of drug-likeness (QED) is 0.457. The zero-order chi connectivity index (χ0) is 27.3. The Kier molecular flexibility index (Phi) is 8.66. The molecule has 0 bridgehead atoms. The van der Waals surface area contributed by atoms with Gasteiger partial charge in [-0.2, -0.15) is 0 Å². The lowest BCUT2D eigenvalue weighted by atomic mass is 9.87. The van der Waals surface area contributed by atoms with Gasteiger partial charge in [-0.15, -0.1) is 0 Å². The van der Waals surface area contributed by atoms with E-state index in [4.69, 9.17) is 18.9 Å². The largest absolute Gasteiger partial charge is 0.496 e. The molecule has 1 saturated heterocycles. The Morgan fingerprint density at radius 1 is 1.03 bits per heavy atom. The zero-order valence-electron chi connectivity index (χ0n) is 22.7. The molecule has 2 aromatic carbocycles. The number of rotatable bonds is 9. The summed E-state index contributed by atoms with van der Waals surface area (Å²) in [5.74, 6) is 0.515. The molecule has 0 atom stereocenters. The lowest BCUT2D eigenvalue weighted by molar-refractivity contribution is -0.144. The maximum atomic E-state index is 12.4. The first-order valence-electron chi connectivity index (χ1n) is 13.1. The van der Waals surface area contributed by atoms with Crippen LogP contribution in [0.3, 0.4) is 0 Å². The molecule has 1 amide bonds. The summed E-state index contributed by atoms with van der Waals surface area (Å²) >= 11 is 0. The van der Waals surface area contributed by atoms with Crippen LogP contribution in [0.1, 0.15) is 49.7 Å². The van der Waals surface area contributed by atoms with E-state index in [1.54, 1.807) is 14.2 Å². The molecule has 1 aliphatic heterocycles. The minimum Gasteiger partial charge on any atom is -0.496 e. The molecular formula is C29H38N2O7. The molecule has 2 fully saturated rings. The van der Waals surface area contributed by atoms with Gasteiger partial charge in [-0.3, -0.25) is 0 Å². The molecule has 9 heteroatoms. The molecule has 0 unspecified atom stereocenters. The van der Waals surface area contributed by atoms with Gasteiger partial charge in [0.05, 0.1) is 34.0 Å². The third-order valence-electron chi connectivity index (χ3n) is 7.79. The number of nitrogens with one attached hydrogen (secondary N) is 1. The zero-order valence-corrected chi connectivity index (χ0v) is 22.7. The third kappa shape index (κ3) is 5.83. The Bertz CT molecular complexity index is 1130. The molecule has 0 aromatic heterocycles. The van der Waals surface area contributed by atoms with Crippen LogP contribution in [-0.4, -0.2) is 68.1 Å². The highest BCUT2D eigenvalue weighted by Gasteiger charge is 2.43. The molecule has 206 valence electrons. The SMILES string of the molecule is COC(=O)N1CCC(Nc2ccc(-c3cc(OC)c(C)c(OC)c3)c(COC3CCCC3)c2)(C(=O)O)CC1. The van der Waals surface area contributed by atoms with Gasteiger partial charge in [0.1, 0.15) is 17.0 Å². The summed E-state index contributed by atoms with van der Waals surface area (Å²) in [6, 6.07) is 9.82. The number of aliphatic carboxylic acids is 1. The number of hydrogen-bond donors (Lipinski definition) is 2. The smallest absolute Gasteiger partial charge is 0.409 e. The van der Waals surface area contributed by atoms with Crippen LogP contribution in [0.4, 0.5) is 10.5 Å². The van der Waals surface area contributed by atoms with Gasteiger partial charge in [-0.25, -0.2) is 9.59 Å². The summed E-state index contributed by atoms with van der Waals surface area (Å²) in [6.07, 6.45) is 4.78. The number of amides is 1.